The molecule has 1 fully saturated rings. The average molecular weight is 330 g/mol. The minimum absolute atomic E-state index is 0.0438. The number of rotatable bonds is 6. The summed E-state index contributed by atoms with van der Waals surface area (Å²) in [6.07, 6.45) is 2.85. The number of hydrogen-bond donors (Lipinski definition) is 1. The van der Waals surface area contributed by atoms with E-state index in [1.54, 1.807) is 0 Å². The predicted octanol–water partition coefficient (Wildman–Crippen LogP) is 2.70. The summed E-state index contributed by atoms with van der Waals surface area (Å²) in [6, 6.07) is 7.82. The molecule has 24 heavy (non-hydrogen) atoms. The zero-order chi connectivity index (χ0) is 17.2. The lowest BCUT2D eigenvalue weighted by Crippen LogP contribution is -2.48. The number of benzene rings is 1. The zero-order valence-corrected chi connectivity index (χ0v) is 14.5. The second kappa shape index (κ2) is 6.93. The van der Waals surface area contributed by atoms with Crippen LogP contribution in [0.15, 0.2) is 24.3 Å². The van der Waals surface area contributed by atoms with Crippen molar-refractivity contribution in [3.63, 3.8) is 0 Å². The van der Waals surface area contributed by atoms with E-state index >= 15 is 0 Å². The number of nitrogens with zero attached hydrogens (tertiary/aromatic N) is 1. The van der Waals surface area contributed by atoms with Crippen LogP contribution in [0.2, 0.25) is 0 Å². The summed E-state index contributed by atoms with van der Waals surface area (Å²) in [7, 11) is 0. The Morgan fingerprint density at radius 3 is 2.92 bits per heavy atom. The van der Waals surface area contributed by atoms with Gasteiger partial charge in [-0.2, -0.15) is 0 Å². The van der Waals surface area contributed by atoms with Crippen molar-refractivity contribution in [2.45, 2.75) is 51.0 Å². The van der Waals surface area contributed by atoms with Gasteiger partial charge in [-0.25, -0.2) is 0 Å². The van der Waals surface area contributed by atoms with Crippen molar-refractivity contribution in [1.29, 1.82) is 0 Å². The first-order valence-corrected chi connectivity index (χ1v) is 8.93. The van der Waals surface area contributed by atoms with Crippen molar-refractivity contribution < 1.29 is 14.3 Å². The summed E-state index contributed by atoms with van der Waals surface area (Å²) in [5, 5.41) is 3.03. The van der Waals surface area contributed by atoms with E-state index in [2.05, 4.69) is 12.2 Å². The second-order valence-corrected chi connectivity index (χ2v) is 6.56. The van der Waals surface area contributed by atoms with Crippen molar-refractivity contribution in [1.82, 2.24) is 4.90 Å². The Labute approximate surface area is 143 Å². The fourth-order valence-corrected chi connectivity index (χ4v) is 4.22. The Hall–Kier alpha value is -1.88. The van der Waals surface area contributed by atoms with Gasteiger partial charge in [0.25, 0.3) is 0 Å². The molecule has 0 bridgehead atoms. The van der Waals surface area contributed by atoms with Gasteiger partial charge in [-0.15, -0.1) is 0 Å². The first-order valence-electron chi connectivity index (χ1n) is 8.93. The summed E-state index contributed by atoms with van der Waals surface area (Å²) in [5.74, 6) is 0.137. The number of anilines is 1. The molecule has 0 aliphatic carbocycles. The summed E-state index contributed by atoms with van der Waals surface area (Å²) in [4.78, 5) is 27.5. The molecule has 5 heteroatoms. The normalized spacial score (nSPS) is 25.2. The molecular formula is C19H26N2O3. The average Bonchev–Trinajstić information content (AvgIpc) is 3.09. The molecule has 1 N–H and O–H groups in total. The van der Waals surface area contributed by atoms with E-state index in [1.165, 1.54) is 0 Å². The molecule has 2 amide bonds. The first kappa shape index (κ1) is 17.0. The van der Waals surface area contributed by atoms with Crippen LogP contribution in [0.4, 0.5) is 5.69 Å². The topological polar surface area (TPSA) is 58.6 Å². The molecule has 0 unspecified atom stereocenters. The van der Waals surface area contributed by atoms with Gasteiger partial charge >= 0.3 is 0 Å². The molecule has 2 heterocycles. The van der Waals surface area contributed by atoms with E-state index in [1.807, 2.05) is 36.1 Å². The molecule has 1 aromatic rings. The van der Waals surface area contributed by atoms with Gasteiger partial charge in [0.15, 0.2) is 0 Å². The van der Waals surface area contributed by atoms with Gasteiger partial charge in [0.2, 0.25) is 11.8 Å². The van der Waals surface area contributed by atoms with Crippen LogP contribution in [0.1, 0.15) is 45.1 Å². The number of carbonyl (C=O) groups is 2. The molecule has 0 saturated carbocycles. The van der Waals surface area contributed by atoms with Gasteiger partial charge in [0.1, 0.15) is 0 Å². The molecule has 2 aliphatic rings. The van der Waals surface area contributed by atoms with E-state index in [0.717, 1.165) is 24.1 Å². The maximum atomic E-state index is 12.9. The fraction of sp³-hybridized carbons (Fsp3) is 0.579. The van der Waals surface area contributed by atoms with Gasteiger partial charge in [0, 0.05) is 18.8 Å². The van der Waals surface area contributed by atoms with Crippen molar-refractivity contribution in [2.75, 3.05) is 25.1 Å². The lowest BCUT2D eigenvalue weighted by atomic mass is 9.73. The number of fused-ring (bicyclic) bond motifs is 2. The number of nitrogens with one attached hydrogen (secondary N) is 1. The third-order valence-electron chi connectivity index (χ3n) is 5.30. The first-order chi connectivity index (χ1) is 11.6. The summed E-state index contributed by atoms with van der Waals surface area (Å²) in [5.41, 5.74) is 1.36. The van der Waals surface area contributed by atoms with Gasteiger partial charge in [-0.05, 0) is 31.4 Å². The van der Waals surface area contributed by atoms with Crippen LogP contribution in [0, 0.1) is 0 Å². The smallest absolute Gasteiger partial charge is 0.237 e. The minimum Gasteiger partial charge on any atom is -0.381 e. The lowest BCUT2D eigenvalue weighted by Gasteiger charge is -2.34. The lowest BCUT2D eigenvalue weighted by molar-refractivity contribution is -0.134. The van der Waals surface area contributed by atoms with E-state index in [0.29, 0.717) is 32.6 Å². The number of amides is 2. The third-order valence-corrected chi connectivity index (χ3v) is 5.30. The Morgan fingerprint density at radius 1 is 1.38 bits per heavy atom. The second-order valence-electron chi connectivity index (χ2n) is 6.56. The minimum atomic E-state index is -0.589. The zero-order valence-electron chi connectivity index (χ0n) is 14.5. The molecule has 0 aromatic heterocycles. The van der Waals surface area contributed by atoms with Crippen LogP contribution >= 0.6 is 0 Å². The van der Waals surface area contributed by atoms with Gasteiger partial charge < -0.3 is 15.0 Å². The summed E-state index contributed by atoms with van der Waals surface area (Å²) in [6.45, 7) is 5.73. The largest absolute Gasteiger partial charge is 0.381 e. The highest BCUT2D eigenvalue weighted by atomic mass is 16.5. The molecular weight excluding hydrogens is 304 g/mol. The number of likely N-dealkylation sites (tertiary alicyclic amines) is 1. The van der Waals surface area contributed by atoms with E-state index in [-0.39, 0.29) is 17.9 Å². The van der Waals surface area contributed by atoms with Crippen LogP contribution in [-0.4, -0.2) is 42.5 Å². The molecule has 0 radical (unpaired) electrons. The van der Waals surface area contributed by atoms with Crippen molar-refractivity contribution >= 4 is 17.5 Å². The van der Waals surface area contributed by atoms with E-state index in [4.69, 9.17) is 4.74 Å². The van der Waals surface area contributed by atoms with Gasteiger partial charge in [0.05, 0.1) is 24.5 Å². The molecule has 1 spiro atoms. The molecule has 3 rings (SSSR count). The fourth-order valence-electron chi connectivity index (χ4n) is 4.22. The molecule has 1 saturated heterocycles. The molecule has 130 valence electrons. The number of carbonyl (C=O) groups excluding carboxylic acids is 2. The van der Waals surface area contributed by atoms with Crippen molar-refractivity contribution in [3.8, 4) is 0 Å². The van der Waals surface area contributed by atoms with Crippen LogP contribution in [0.5, 0.6) is 0 Å². The highest BCUT2D eigenvalue weighted by Gasteiger charge is 2.58. The molecule has 2 aliphatic heterocycles. The highest BCUT2D eigenvalue weighted by Crippen LogP contribution is 2.49. The SMILES string of the molecule is CCC[C@@H]1N(C(=O)CCOCC)CC[C@]12C(=O)Nc1ccccc12. The van der Waals surface area contributed by atoms with Gasteiger partial charge in [-0.3, -0.25) is 9.59 Å². The number of ether oxygens (including phenoxy) is 1. The third kappa shape index (κ3) is 2.61. The van der Waals surface area contributed by atoms with Crippen LogP contribution in [-0.2, 0) is 19.7 Å². The summed E-state index contributed by atoms with van der Waals surface area (Å²) < 4.78 is 5.33. The monoisotopic (exact) mass is 330 g/mol. The predicted molar refractivity (Wildman–Crippen MR) is 92.9 cm³/mol. The maximum Gasteiger partial charge on any atom is 0.237 e. The Morgan fingerprint density at radius 2 is 2.17 bits per heavy atom. The Bertz CT molecular complexity index is 631. The number of para-hydroxylation sites is 1. The standard InChI is InChI=1S/C19H26N2O3/c1-3-7-16-19(11-12-21(16)17(22)10-13-24-4-2)14-8-5-6-9-15(14)20-18(19)23/h5-6,8-9,16H,3-4,7,10-13H2,1-2H3,(H,20,23)/t16-,19+/m0/s1. The maximum absolute atomic E-state index is 12.9. The van der Waals surface area contributed by atoms with Crippen LogP contribution in [0.3, 0.4) is 0 Å². The molecule has 2 atom stereocenters. The highest BCUT2D eigenvalue weighted by molar-refractivity contribution is 6.07. The van der Waals surface area contributed by atoms with Crippen molar-refractivity contribution in [2.24, 2.45) is 0 Å². The number of hydrogen-bond acceptors (Lipinski definition) is 3. The molecule has 1 aromatic carbocycles. The van der Waals surface area contributed by atoms with E-state index in [9.17, 15) is 9.59 Å². The van der Waals surface area contributed by atoms with E-state index < -0.39 is 5.41 Å². The van der Waals surface area contributed by atoms with Crippen LogP contribution < -0.4 is 5.32 Å². The Kier molecular flexibility index (Phi) is 4.90. The van der Waals surface area contributed by atoms with Crippen LogP contribution in [0.25, 0.3) is 0 Å². The Balaban J connectivity index is 1.89. The van der Waals surface area contributed by atoms with Gasteiger partial charge in [-0.1, -0.05) is 31.5 Å². The quantitative estimate of drug-likeness (QED) is 0.816. The summed E-state index contributed by atoms with van der Waals surface area (Å²) >= 11 is 0. The molecule has 5 nitrogen and oxygen atoms in total. The van der Waals surface area contributed by atoms with Crippen molar-refractivity contribution in [3.05, 3.63) is 29.8 Å².